The van der Waals surface area contributed by atoms with Gasteiger partial charge >= 0.3 is 0 Å². The standard InChI is InChI=1S/C13H11BrClN/c14-11-4-2-10(3-5-11)12-6-1-9(8-16)7-13(12)15/h1-7H,8,16H2. The smallest absolute Gasteiger partial charge is 0.0487 e. The minimum absolute atomic E-state index is 0.514. The Bertz CT molecular complexity index is 494. The molecule has 16 heavy (non-hydrogen) atoms. The molecule has 0 atom stereocenters. The molecule has 2 aromatic carbocycles. The summed E-state index contributed by atoms with van der Waals surface area (Å²) in [6, 6.07) is 14.0. The zero-order valence-corrected chi connectivity index (χ0v) is 10.9. The van der Waals surface area contributed by atoms with Crippen molar-refractivity contribution in [3.05, 3.63) is 57.5 Å². The van der Waals surface area contributed by atoms with Gasteiger partial charge in [-0.05, 0) is 29.3 Å². The maximum Gasteiger partial charge on any atom is 0.0487 e. The Morgan fingerprint density at radius 3 is 2.31 bits per heavy atom. The van der Waals surface area contributed by atoms with Crippen LogP contribution in [0.25, 0.3) is 11.1 Å². The molecular weight excluding hydrogens is 286 g/mol. The van der Waals surface area contributed by atoms with E-state index in [-0.39, 0.29) is 0 Å². The lowest BCUT2D eigenvalue weighted by atomic mass is 10.0. The van der Waals surface area contributed by atoms with Crippen LogP contribution in [0.3, 0.4) is 0 Å². The second-order valence-electron chi connectivity index (χ2n) is 3.53. The predicted molar refractivity (Wildman–Crippen MR) is 72.5 cm³/mol. The molecule has 0 radical (unpaired) electrons. The number of halogens is 2. The van der Waals surface area contributed by atoms with Crippen molar-refractivity contribution in [3.8, 4) is 11.1 Å². The van der Waals surface area contributed by atoms with Gasteiger partial charge in [-0.15, -0.1) is 0 Å². The van der Waals surface area contributed by atoms with Gasteiger partial charge in [0.05, 0.1) is 0 Å². The third-order valence-electron chi connectivity index (χ3n) is 2.42. The number of hydrogen-bond acceptors (Lipinski definition) is 1. The Labute approximate surface area is 108 Å². The summed E-state index contributed by atoms with van der Waals surface area (Å²) in [5.74, 6) is 0. The van der Waals surface area contributed by atoms with Crippen LogP contribution in [0.4, 0.5) is 0 Å². The molecule has 0 saturated heterocycles. The summed E-state index contributed by atoms with van der Waals surface area (Å²) in [4.78, 5) is 0. The molecule has 0 heterocycles. The molecule has 3 heteroatoms. The van der Waals surface area contributed by atoms with Gasteiger partial charge in [-0.25, -0.2) is 0 Å². The van der Waals surface area contributed by atoms with Crippen LogP contribution < -0.4 is 5.73 Å². The zero-order valence-electron chi connectivity index (χ0n) is 8.58. The summed E-state index contributed by atoms with van der Waals surface area (Å²) in [7, 11) is 0. The van der Waals surface area contributed by atoms with Gasteiger partial charge in [-0.1, -0.05) is 51.8 Å². The van der Waals surface area contributed by atoms with Crippen LogP contribution in [-0.4, -0.2) is 0 Å². The van der Waals surface area contributed by atoms with Crippen LogP contribution in [0.2, 0.25) is 5.02 Å². The summed E-state index contributed by atoms with van der Waals surface area (Å²) in [6.07, 6.45) is 0. The van der Waals surface area contributed by atoms with Crippen molar-refractivity contribution < 1.29 is 0 Å². The lowest BCUT2D eigenvalue weighted by Crippen LogP contribution is -1.95. The molecule has 0 amide bonds. The highest BCUT2D eigenvalue weighted by molar-refractivity contribution is 9.10. The van der Waals surface area contributed by atoms with Crippen LogP contribution in [0, 0.1) is 0 Å². The van der Waals surface area contributed by atoms with Crippen LogP contribution in [0.1, 0.15) is 5.56 Å². The van der Waals surface area contributed by atoms with E-state index >= 15 is 0 Å². The average Bonchev–Trinajstić information content (AvgIpc) is 2.30. The molecule has 0 spiro atoms. The van der Waals surface area contributed by atoms with E-state index in [9.17, 15) is 0 Å². The van der Waals surface area contributed by atoms with E-state index in [2.05, 4.69) is 15.9 Å². The molecule has 0 aliphatic carbocycles. The maximum absolute atomic E-state index is 6.22. The van der Waals surface area contributed by atoms with Gasteiger partial charge in [0.25, 0.3) is 0 Å². The van der Waals surface area contributed by atoms with Crippen molar-refractivity contribution in [2.75, 3.05) is 0 Å². The first-order valence-electron chi connectivity index (χ1n) is 4.95. The fraction of sp³-hybridized carbons (Fsp3) is 0.0769. The van der Waals surface area contributed by atoms with Gasteiger partial charge in [0, 0.05) is 21.6 Å². The van der Waals surface area contributed by atoms with E-state index in [0.29, 0.717) is 6.54 Å². The quantitative estimate of drug-likeness (QED) is 0.882. The van der Waals surface area contributed by atoms with E-state index in [1.807, 2.05) is 42.5 Å². The molecular formula is C13H11BrClN. The molecule has 0 aliphatic rings. The minimum atomic E-state index is 0.514. The predicted octanol–water partition coefficient (Wildman–Crippen LogP) is 4.23. The number of hydrogen-bond donors (Lipinski definition) is 1. The van der Waals surface area contributed by atoms with Crippen molar-refractivity contribution in [1.29, 1.82) is 0 Å². The second-order valence-corrected chi connectivity index (χ2v) is 4.85. The van der Waals surface area contributed by atoms with Crippen molar-refractivity contribution in [2.24, 2.45) is 5.73 Å². The van der Waals surface area contributed by atoms with Crippen LogP contribution in [0.5, 0.6) is 0 Å². The van der Waals surface area contributed by atoms with Gasteiger partial charge < -0.3 is 5.73 Å². The summed E-state index contributed by atoms with van der Waals surface area (Å²) < 4.78 is 1.06. The molecule has 2 N–H and O–H groups in total. The third kappa shape index (κ3) is 2.46. The largest absolute Gasteiger partial charge is 0.326 e. The topological polar surface area (TPSA) is 26.0 Å². The average molecular weight is 297 g/mol. The Morgan fingerprint density at radius 2 is 1.75 bits per heavy atom. The lowest BCUT2D eigenvalue weighted by Gasteiger charge is -2.06. The molecule has 0 unspecified atom stereocenters. The maximum atomic E-state index is 6.22. The van der Waals surface area contributed by atoms with E-state index in [1.54, 1.807) is 0 Å². The number of nitrogens with two attached hydrogens (primary N) is 1. The molecule has 2 aromatic rings. The van der Waals surface area contributed by atoms with E-state index in [0.717, 1.165) is 26.2 Å². The molecule has 0 saturated carbocycles. The van der Waals surface area contributed by atoms with Gasteiger partial charge in [0.15, 0.2) is 0 Å². The first-order valence-corrected chi connectivity index (χ1v) is 6.12. The lowest BCUT2D eigenvalue weighted by molar-refractivity contribution is 1.07. The van der Waals surface area contributed by atoms with Crippen LogP contribution in [-0.2, 0) is 6.54 Å². The van der Waals surface area contributed by atoms with Crippen molar-refractivity contribution >= 4 is 27.5 Å². The highest BCUT2D eigenvalue weighted by Gasteiger charge is 2.03. The minimum Gasteiger partial charge on any atom is -0.326 e. The molecule has 0 bridgehead atoms. The Hall–Kier alpha value is -0.830. The van der Waals surface area contributed by atoms with E-state index in [1.165, 1.54) is 0 Å². The summed E-state index contributed by atoms with van der Waals surface area (Å²) >= 11 is 9.63. The van der Waals surface area contributed by atoms with E-state index < -0.39 is 0 Å². The number of benzene rings is 2. The van der Waals surface area contributed by atoms with Crippen molar-refractivity contribution in [2.45, 2.75) is 6.54 Å². The first-order chi connectivity index (χ1) is 7.70. The molecule has 0 fully saturated rings. The summed E-state index contributed by atoms with van der Waals surface area (Å²) in [6.45, 7) is 0.514. The van der Waals surface area contributed by atoms with Crippen LogP contribution in [0.15, 0.2) is 46.9 Å². The Morgan fingerprint density at radius 1 is 1.06 bits per heavy atom. The second kappa shape index (κ2) is 5.00. The normalized spacial score (nSPS) is 10.4. The van der Waals surface area contributed by atoms with Gasteiger partial charge in [-0.2, -0.15) is 0 Å². The highest BCUT2D eigenvalue weighted by Crippen LogP contribution is 2.29. The molecule has 82 valence electrons. The Kier molecular flexibility index (Phi) is 3.64. The fourth-order valence-corrected chi connectivity index (χ4v) is 2.13. The summed E-state index contributed by atoms with van der Waals surface area (Å²) in [5, 5.41) is 0.741. The zero-order chi connectivity index (χ0) is 11.5. The molecule has 2 rings (SSSR count). The first kappa shape index (κ1) is 11.6. The fourth-order valence-electron chi connectivity index (χ4n) is 1.55. The third-order valence-corrected chi connectivity index (χ3v) is 3.27. The van der Waals surface area contributed by atoms with Gasteiger partial charge in [0.1, 0.15) is 0 Å². The van der Waals surface area contributed by atoms with Crippen molar-refractivity contribution in [3.63, 3.8) is 0 Å². The highest BCUT2D eigenvalue weighted by atomic mass is 79.9. The number of rotatable bonds is 2. The molecule has 0 aliphatic heterocycles. The Balaban J connectivity index is 2.44. The van der Waals surface area contributed by atoms with Gasteiger partial charge in [0.2, 0.25) is 0 Å². The van der Waals surface area contributed by atoms with Crippen LogP contribution >= 0.6 is 27.5 Å². The monoisotopic (exact) mass is 295 g/mol. The SMILES string of the molecule is NCc1ccc(-c2ccc(Br)cc2)c(Cl)c1. The molecule has 0 aromatic heterocycles. The summed E-state index contributed by atoms with van der Waals surface area (Å²) in [5.41, 5.74) is 8.75. The van der Waals surface area contributed by atoms with Crippen molar-refractivity contribution in [1.82, 2.24) is 0 Å². The molecule has 1 nitrogen and oxygen atoms in total. The van der Waals surface area contributed by atoms with Gasteiger partial charge in [-0.3, -0.25) is 0 Å². The van der Waals surface area contributed by atoms with E-state index in [4.69, 9.17) is 17.3 Å².